The molecule has 6 rings (SSSR count). The van der Waals surface area contributed by atoms with E-state index >= 15 is 0 Å². The van der Waals surface area contributed by atoms with Crippen LogP contribution < -0.4 is 0 Å². The van der Waals surface area contributed by atoms with Gasteiger partial charge in [0.05, 0.1) is 11.4 Å². The van der Waals surface area contributed by atoms with Crippen LogP contribution in [0.2, 0.25) is 0 Å². The van der Waals surface area contributed by atoms with E-state index in [4.69, 9.17) is 0 Å². The molecule has 1 aromatic carbocycles. The Morgan fingerprint density at radius 3 is 2.69 bits per heavy atom. The molecule has 35 heavy (non-hydrogen) atoms. The molecule has 0 atom stereocenters. The van der Waals surface area contributed by atoms with Crippen molar-refractivity contribution < 1.29 is 0 Å². The highest BCUT2D eigenvalue weighted by Gasteiger charge is 2.23. The smallest absolute Gasteiger partial charge is 0.158 e. The lowest BCUT2D eigenvalue weighted by Gasteiger charge is -2.31. The van der Waals surface area contributed by atoms with E-state index in [-0.39, 0.29) is 0 Å². The number of fused-ring (bicyclic) bond motifs is 2. The molecule has 1 aliphatic heterocycles. The lowest BCUT2D eigenvalue weighted by molar-refractivity contribution is 0.203. The Morgan fingerprint density at radius 1 is 1.11 bits per heavy atom. The van der Waals surface area contributed by atoms with E-state index in [1.807, 2.05) is 17.6 Å². The third-order valence-electron chi connectivity index (χ3n) is 7.49. The molecule has 0 saturated carbocycles. The molecule has 4 aromatic heterocycles. The summed E-state index contributed by atoms with van der Waals surface area (Å²) in [5.41, 5.74) is 9.58. The van der Waals surface area contributed by atoms with Crippen molar-refractivity contribution in [3.63, 3.8) is 0 Å². The Hall–Kier alpha value is -3.45. The van der Waals surface area contributed by atoms with Crippen LogP contribution in [0.4, 0.5) is 0 Å². The van der Waals surface area contributed by atoms with E-state index in [2.05, 4.69) is 81.2 Å². The summed E-state index contributed by atoms with van der Waals surface area (Å²) in [5, 5.41) is 5.73. The molecule has 0 unspecified atom stereocenters. The molecule has 7 heteroatoms. The van der Waals surface area contributed by atoms with Gasteiger partial charge in [-0.1, -0.05) is 19.9 Å². The van der Waals surface area contributed by atoms with Gasteiger partial charge >= 0.3 is 0 Å². The molecule has 0 radical (unpaired) electrons. The zero-order valence-corrected chi connectivity index (χ0v) is 21.0. The highest BCUT2D eigenvalue weighted by molar-refractivity contribution is 5.92. The second-order valence-corrected chi connectivity index (χ2v) is 10.3. The summed E-state index contributed by atoms with van der Waals surface area (Å²) in [5.74, 6) is 2.00. The van der Waals surface area contributed by atoms with Crippen LogP contribution in [0.25, 0.3) is 27.8 Å². The minimum absolute atomic E-state index is 0.403. The summed E-state index contributed by atoms with van der Waals surface area (Å²) in [6.07, 6.45) is 8.11. The standard InChI is InChI=1S/C28H33N7/c1-17(2)26-24-12-21(20-7-9-34(10-8-20)15-23-13-29-19(4)32-23)5-6-25(24)33-27(26)22-11-18(3)28-30-16-31-35(28)14-22/h5-6,11-14,16-17,20,33H,7-10,15H2,1-4H3,(H,29,32). The van der Waals surface area contributed by atoms with Crippen LogP contribution in [0, 0.1) is 13.8 Å². The van der Waals surface area contributed by atoms with Crippen LogP contribution in [0.3, 0.4) is 0 Å². The molecular weight excluding hydrogens is 434 g/mol. The first kappa shape index (κ1) is 22.0. The second-order valence-electron chi connectivity index (χ2n) is 10.3. The summed E-state index contributed by atoms with van der Waals surface area (Å²) < 4.78 is 1.88. The highest BCUT2D eigenvalue weighted by atomic mass is 15.3. The van der Waals surface area contributed by atoms with Gasteiger partial charge < -0.3 is 9.97 Å². The summed E-state index contributed by atoms with van der Waals surface area (Å²) in [6.45, 7) is 11.8. The van der Waals surface area contributed by atoms with Crippen LogP contribution >= 0.6 is 0 Å². The van der Waals surface area contributed by atoms with Crippen LogP contribution in [-0.2, 0) is 6.54 Å². The molecule has 7 nitrogen and oxygen atoms in total. The Morgan fingerprint density at radius 2 is 1.94 bits per heavy atom. The Kier molecular flexibility index (Phi) is 5.44. The van der Waals surface area contributed by atoms with E-state index in [0.717, 1.165) is 47.9 Å². The first-order valence-electron chi connectivity index (χ1n) is 12.7. The van der Waals surface area contributed by atoms with Crippen molar-refractivity contribution >= 4 is 16.6 Å². The maximum atomic E-state index is 4.58. The number of nitrogens with zero attached hydrogens (tertiary/aromatic N) is 5. The van der Waals surface area contributed by atoms with Gasteiger partial charge in [0.2, 0.25) is 0 Å². The van der Waals surface area contributed by atoms with Crippen LogP contribution in [0.5, 0.6) is 0 Å². The van der Waals surface area contributed by atoms with Crippen molar-refractivity contribution in [3.8, 4) is 11.3 Å². The van der Waals surface area contributed by atoms with Gasteiger partial charge in [0, 0.05) is 35.4 Å². The Bertz CT molecular complexity index is 1490. The molecule has 1 saturated heterocycles. The third kappa shape index (κ3) is 4.04. The summed E-state index contributed by atoms with van der Waals surface area (Å²) in [7, 11) is 0. The maximum Gasteiger partial charge on any atom is 0.158 e. The Balaban J connectivity index is 1.29. The molecule has 1 fully saturated rings. The molecule has 1 aliphatic rings. The van der Waals surface area contributed by atoms with Crippen molar-refractivity contribution in [3.05, 3.63) is 71.2 Å². The highest BCUT2D eigenvalue weighted by Crippen LogP contribution is 2.38. The van der Waals surface area contributed by atoms with E-state index in [9.17, 15) is 0 Å². The quantitative estimate of drug-likeness (QED) is 0.346. The number of piperidine rings is 1. The van der Waals surface area contributed by atoms with Crippen LogP contribution in [0.1, 0.15) is 66.7 Å². The third-order valence-corrected chi connectivity index (χ3v) is 7.49. The van der Waals surface area contributed by atoms with E-state index < -0.39 is 0 Å². The van der Waals surface area contributed by atoms with Gasteiger partial charge in [-0.25, -0.2) is 14.5 Å². The zero-order valence-electron chi connectivity index (χ0n) is 21.0. The largest absolute Gasteiger partial charge is 0.354 e. The second kappa shape index (κ2) is 8.64. The fourth-order valence-corrected chi connectivity index (χ4v) is 5.74. The van der Waals surface area contributed by atoms with Gasteiger partial charge in [-0.3, -0.25) is 4.90 Å². The first-order chi connectivity index (χ1) is 17.0. The average molecular weight is 468 g/mol. The number of aromatic amines is 2. The number of pyridine rings is 1. The number of H-pyrrole nitrogens is 2. The maximum absolute atomic E-state index is 4.58. The van der Waals surface area contributed by atoms with Crippen molar-refractivity contribution in [1.82, 2.24) is 34.4 Å². The number of likely N-dealkylation sites (tertiary alicyclic amines) is 1. The number of benzene rings is 1. The molecule has 0 aliphatic carbocycles. The van der Waals surface area contributed by atoms with Gasteiger partial charge in [0.25, 0.3) is 0 Å². The monoisotopic (exact) mass is 467 g/mol. The lowest BCUT2D eigenvalue weighted by Crippen LogP contribution is -2.32. The van der Waals surface area contributed by atoms with Gasteiger partial charge in [-0.05, 0) is 86.5 Å². The normalized spacial score (nSPS) is 15.7. The number of aromatic nitrogens is 6. The number of imidazole rings is 1. The molecule has 0 spiro atoms. The average Bonchev–Trinajstić information content (AvgIpc) is 3.57. The minimum atomic E-state index is 0.403. The number of aryl methyl sites for hydroxylation is 2. The molecule has 5 aromatic rings. The Labute approximate surface area is 205 Å². The van der Waals surface area contributed by atoms with Crippen molar-refractivity contribution in [2.45, 2.75) is 58.9 Å². The summed E-state index contributed by atoms with van der Waals surface area (Å²) >= 11 is 0. The first-order valence-corrected chi connectivity index (χ1v) is 12.7. The SMILES string of the molecule is Cc1nc(CN2CCC(c3ccc4[nH]c(-c5cc(C)c6ncnn6c5)c(C(C)C)c4c3)CC2)c[nH]1. The molecule has 2 N–H and O–H groups in total. The molecule has 180 valence electrons. The summed E-state index contributed by atoms with van der Waals surface area (Å²) in [6, 6.07) is 9.27. The predicted octanol–water partition coefficient (Wildman–Crippen LogP) is 5.72. The fraction of sp³-hybridized carbons (Fsp3) is 0.393. The van der Waals surface area contributed by atoms with Gasteiger partial charge in [0.15, 0.2) is 5.65 Å². The molecule has 5 heterocycles. The van der Waals surface area contributed by atoms with Crippen molar-refractivity contribution in [1.29, 1.82) is 0 Å². The predicted molar refractivity (Wildman–Crippen MR) is 140 cm³/mol. The number of hydrogen-bond acceptors (Lipinski definition) is 4. The summed E-state index contributed by atoms with van der Waals surface area (Å²) in [4.78, 5) is 18.4. The van der Waals surface area contributed by atoms with Crippen molar-refractivity contribution in [2.24, 2.45) is 0 Å². The van der Waals surface area contributed by atoms with Gasteiger partial charge in [-0.15, -0.1) is 0 Å². The van der Waals surface area contributed by atoms with Gasteiger partial charge in [0.1, 0.15) is 12.2 Å². The number of hydrogen-bond donors (Lipinski definition) is 2. The van der Waals surface area contributed by atoms with Gasteiger partial charge in [-0.2, -0.15) is 5.10 Å². The lowest BCUT2D eigenvalue weighted by atomic mass is 9.87. The molecule has 0 bridgehead atoms. The van der Waals surface area contributed by atoms with E-state index in [0.29, 0.717) is 11.8 Å². The molecular formula is C28H33N7. The number of nitrogens with one attached hydrogen (secondary N) is 2. The zero-order chi connectivity index (χ0) is 24.1. The fourth-order valence-electron chi connectivity index (χ4n) is 5.74. The van der Waals surface area contributed by atoms with E-state index in [1.165, 1.54) is 40.6 Å². The van der Waals surface area contributed by atoms with Crippen LogP contribution in [0.15, 0.2) is 43.0 Å². The van der Waals surface area contributed by atoms with E-state index in [1.54, 1.807) is 6.33 Å². The van der Waals surface area contributed by atoms with Crippen molar-refractivity contribution in [2.75, 3.05) is 13.1 Å². The van der Waals surface area contributed by atoms with Crippen LogP contribution in [-0.4, -0.2) is 47.5 Å². The molecule has 0 amide bonds. The topological polar surface area (TPSA) is 77.9 Å². The number of rotatable bonds is 5. The minimum Gasteiger partial charge on any atom is -0.354 e.